The molecule has 0 aromatic carbocycles. The number of ether oxygens (including phenoxy) is 2. The van der Waals surface area contributed by atoms with Gasteiger partial charge in [-0.05, 0) is 112 Å². The van der Waals surface area contributed by atoms with Crippen LogP contribution >= 0.6 is 0 Å². The van der Waals surface area contributed by atoms with Crippen LogP contribution in [0.1, 0.15) is 92.4 Å². The van der Waals surface area contributed by atoms with Crippen LogP contribution in [0, 0.1) is 46.3 Å². The van der Waals surface area contributed by atoms with Gasteiger partial charge in [-0.3, -0.25) is 14.4 Å². The highest BCUT2D eigenvalue weighted by atomic mass is 16.6. The van der Waals surface area contributed by atoms with Gasteiger partial charge >= 0.3 is 11.9 Å². The molecule has 34 heavy (non-hydrogen) atoms. The molecule has 0 amide bonds. The predicted molar refractivity (Wildman–Crippen MR) is 131 cm³/mol. The summed E-state index contributed by atoms with van der Waals surface area (Å²) in [5.74, 6) is 1.46. The maximum Gasteiger partial charge on any atom is 0.320 e. The summed E-state index contributed by atoms with van der Waals surface area (Å²) in [5.41, 5.74) is 1.86. The lowest BCUT2D eigenvalue weighted by atomic mass is 9.46. The number of ketones is 1. The normalized spacial score (nSPS) is 37.8. The van der Waals surface area contributed by atoms with E-state index in [9.17, 15) is 14.4 Å². The molecule has 0 N–H and O–H groups in total. The predicted octanol–water partition coefficient (Wildman–Crippen LogP) is 5.90. The van der Waals surface area contributed by atoms with Gasteiger partial charge in [0.05, 0.1) is 13.2 Å². The van der Waals surface area contributed by atoms with Crippen LogP contribution < -0.4 is 0 Å². The van der Waals surface area contributed by atoms with Crippen molar-refractivity contribution in [2.45, 2.75) is 92.4 Å². The molecule has 4 aliphatic carbocycles. The van der Waals surface area contributed by atoms with Crippen molar-refractivity contribution in [1.29, 1.82) is 0 Å². The van der Waals surface area contributed by atoms with Gasteiger partial charge in [-0.1, -0.05) is 26.3 Å². The fraction of sp³-hybridized carbons (Fsp3) is 0.828. The Labute approximate surface area is 205 Å². The topological polar surface area (TPSA) is 69.7 Å². The molecule has 3 saturated carbocycles. The van der Waals surface area contributed by atoms with Gasteiger partial charge in [-0.2, -0.15) is 0 Å². The molecular weight excluding hydrogens is 428 g/mol. The summed E-state index contributed by atoms with van der Waals surface area (Å²) in [6, 6.07) is 0. The summed E-state index contributed by atoms with van der Waals surface area (Å²) < 4.78 is 10.5. The fourth-order valence-electron chi connectivity index (χ4n) is 8.85. The van der Waals surface area contributed by atoms with Crippen molar-refractivity contribution in [2.75, 3.05) is 13.2 Å². The average Bonchev–Trinajstić information content (AvgIpc) is 3.15. The van der Waals surface area contributed by atoms with Crippen molar-refractivity contribution in [3.05, 3.63) is 11.6 Å². The monoisotopic (exact) mass is 472 g/mol. The van der Waals surface area contributed by atoms with E-state index in [1.807, 2.05) is 6.08 Å². The van der Waals surface area contributed by atoms with Crippen molar-refractivity contribution in [1.82, 2.24) is 0 Å². The average molecular weight is 473 g/mol. The third kappa shape index (κ3) is 4.26. The zero-order chi connectivity index (χ0) is 24.7. The molecule has 5 heteroatoms. The van der Waals surface area contributed by atoms with E-state index in [0.717, 1.165) is 18.8 Å². The van der Waals surface area contributed by atoms with Gasteiger partial charge < -0.3 is 9.47 Å². The Morgan fingerprint density at radius 2 is 1.65 bits per heavy atom. The number of esters is 2. The van der Waals surface area contributed by atoms with Crippen LogP contribution in [0.3, 0.4) is 0 Å². The van der Waals surface area contributed by atoms with E-state index in [-0.39, 0.29) is 30.0 Å². The quantitative estimate of drug-likeness (QED) is 0.341. The molecule has 0 radical (unpaired) electrons. The molecule has 190 valence electrons. The van der Waals surface area contributed by atoms with Crippen LogP contribution in [-0.2, 0) is 23.9 Å². The van der Waals surface area contributed by atoms with Crippen LogP contribution in [0.25, 0.3) is 0 Å². The van der Waals surface area contributed by atoms with E-state index >= 15 is 0 Å². The summed E-state index contributed by atoms with van der Waals surface area (Å²) in [5, 5.41) is 0. The van der Waals surface area contributed by atoms with Crippen molar-refractivity contribution >= 4 is 17.7 Å². The van der Waals surface area contributed by atoms with Crippen LogP contribution in [0.2, 0.25) is 0 Å². The molecule has 0 saturated heterocycles. The third-order valence-electron chi connectivity index (χ3n) is 10.5. The molecule has 7 atom stereocenters. The van der Waals surface area contributed by atoms with Crippen LogP contribution in [0.4, 0.5) is 0 Å². The second kappa shape index (κ2) is 9.78. The molecule has 0 unspecified atom stereocenters. The van der Waals surface area contributed by atoms with Crippen molar-refractivity contribution < 1.29 is 23.9 Å². The number of carbonyl (C=O) groups excluding carboxylic acids is 3. The summed E-state index contributed by atoms with van der Waals surface area (Å²) in [6.07, 6.45) is 11.3. The maximum atomic E-state index is 12.6. The number of hydrogen-bond acceptors (Lipinski definition) is 5. The van der Waals surface area contributed by atoms with E-state index in [0.29, 0.717) is 36.4 Å². The fourth-order valence-corrected chi connectivity index (χ4v) is 8.85. The summed E-state index contributed by atoms with van der Waals surface area (Å²) >= 11 is 0. The van der Waals surface area contributed by atoms with Gasteiger partial charge in [0, 0.05) is 6.42 Å². The highest BCUT2D eigenvalue weighted by molar-refractivity contribution is 5.95. The van der Waals surface area contributed by atoms with Gasteiger partial charge in [-0.15, -0.1) is 0 Å². The molecule has 5 nitrogen and oxygen atoms in total. The zero-order valence-electron chi connectivity index (χ0n) is 21.9. The largest absolute Gasteiger partial charge is 0.465 e. The Kier molecular flexibility index (Phi) is 7.32. The number of hydrogen-bond donors (Lipinski definition) is 0. The Bertz CT molecular complexity index is 827. The first-order chi connectivity index (χ1) is 16.2. The minimum Gasteiger partial charge on any atom is -0.465 e. The number of allylic oxidation sites excluding steroid dienone is 1. The maximum absolute atomic E-state index is 12.6. The van der Waals surface area contributed by atoms with Crippen molar-refractivity contribution in [3.63, 3.8) is 0 Å². The molecular formula is C29H44O5. The lowest BCUT2D eigenvalue weighted by Crippen LogP contribution is -2.51. The second-order valence-corrected chi connectivity index (χ2v) is 12.0. The van der Waals surface area contributed by atoms with Crippen LogP contribution in [0.15, 0.2) is 11.6 Å². The van der Waals surface area contributed by atoms with E-state index in [1.165, 1.54) is 37.7 Å². The summed E-state index contributed by atoms with van der Waals surface area (Å²) in [7, 11) is 0. The minimum absolute atomic E-state index is 0.195. The Morgan fingerprint density at radius 1 is 0.971 bits per heavy atom. The molecule has 0 aromatic rings. The summed E-state index contributed by atoms with van der Waals surface area (Å²) in [6.45, 7) is 11.3. The third-order valence-corrected chi connectivity index (χ3v) is 10.5. The Morgan fingerprint density at radius 3 is 2.29 bits per heavy atom. The Balaban J connectivity index is 1.51. The van der Waals surface area contributed by atoms with Crippen LogP contribution in [0.5, 0.6) is 0 Å². The van der Waals surface area contributed by atoms with E-state index in [4.69, 9.17) is 9.47 Å². The standard InChI is InChI=1S/C29H44O5/c1-6-33-26(31)22(27(32)34-7-2)16-18(3)23-10-11-24-21-9-8-19-17-20(30)12-14-28(19,4)25(21)13-15-29(23,24)5/h17-18,21-25H,6-16H2,1-5H3/t18-,21+,23-,24+,25+,28+,29-/m1/s1. The van der Waals surface area contributed by atoms with Crippen molar-refractivity contribution in [3.8, 4) is 0 Å². The molecule has 0 aliphatic heterocycles. The first-order valence-corrected chi connectivity index (χ1v) is 13.7. The van der Waals surface area contributed by atoms with E-state index < -0.39 is 17.9 Å². The number of carbonyl (C=O) groups is 3. The number of fused-ring (bicyclic) bond motifs is 5. The molecule has 0 spiro atoms. The van der Waals surface area contributed by atoms with Crippen LogP contribution in [-0.4, -0.2) is 30.9 Å². The summed E-state index contributed by atoms with van der Waals surface area (Å²) in [4.78, 5) is 37.3. The lowest BCUT2D eigenvalue weighted by molar-refractivity contribution is -0.163. The Hall–Kier alpha value is -1.65. The highest BCUT2D eigenvalue weighted by Crippen LogP contribution is 2.67. The van der Waals surface area contributed by atoms with E-state index in [1.54, 1.807) is 13.8 Å². The molecule has 3 fully saturated rings. The minimum atomic E-state index is -0.824. The zero-order valence-corrected chi connectivity index (χ0v) is 21.9. The van der Waals surface area contributed by atoms with Gasteiger partial charge in [0.25, 0.3) is 0 Å². The first-order valence-electron chi connectivity index (χ1n) is 13.7. The SMILES string of the molecule is CCOC(=O)C(C[C@@H](C)[C@H]1CC[C@H]2[C@@H]3CCC4=CC(=O)CC[C@]4(C)[C@H]3CC[C@]12C)C(=O)OCC. The molecule has 0 heterocycles. The van der Waals surface area contributed by atoms with Crippen molar-refractivity contribution in [2.24, 2.45) is 46.3 Å². The molecule has 4 aliphatic rings. The second-order valence-electron chi connectivity index (χ2n) is 12.0. The smallest absolute Gasteiger partial charge is 0.320 e. The highest BCUT2D eigenvalue weighted by Gasteiger charge is 2.59. The molecule has 0 aromatic heterocycles. The van der Waals surface area contributed by atoms with Gasteiger partial charge in [0.2, 0.25) is 0 Å². The molecule has 0 bridgehead atoms. The van der Waals surface area contributed by atoms with E-state index in [2.05, 4.69) is 20.8 Å². The van der Waals surface area contributed by atoms with Gasteiger partial charge in [-0.25, -0.2) is 0 Å². The first kappa shape index (κ1) is 25.4. The van der Waals surface area contributed by atoms with Gasteiger partial charge in [0.1, 0.15) is 0 Å². The number of rotatable bonds is 7. The lowest BCUT2D eigenvalue weighted by Gasteiger charge is -2.58. The molecule has 4 rings (SSSR count). The van der Waals surface area contributed by atoms with Gasteiger partial charge in [0.15, 0.2) is 11.7 Å².